The largest absolute Gasteiger partial charge is 0.453 e. The zero-order valence-corrected chi connectivity index (χ0v) is 19.2. The highest BCUT2D eigenvalue weighted by atomic mass is 35.5. The van der Waals surface area contributed by atoms with Gasteiger partial charge in [0.05, 0.1) is 21.4 Å². The molecule has 1 amide bonds. The molecule has 0 unspecified atom stereocenters. The van der Waals surface area contributed by atoms with Crippen molar-refractivity contribution < 1.29 is 14.1 Å². The molecule has 0 saturated heterocycles. The number of aromatic nitrogens is 3. The van der Waals surface area contributed by atoms with E-state index in [0.29, 0.717) is 33.9 Å². The standard InChI is InChI=1S/C21H15Cl2N5O4S/c1-2-7-27-20(18-9-12-8-13(22)3-6-17(12)32-18)25-26-21(27)33-11-19(29)24-16-10-14(28(30)31)4-5-15(16)23/h2-6,8-10H,1,7,11H2,(H,24,29). The van der Waals surface area contributed by atoms with Gasteiger partial charge in [0, 0.05) is 29.1 Å². The fraction of sp³-hybridized carbons (Fsp3) is 0.0952. The number of halogens is 2. The first-order chi connectivity index (χ1) is 15.9. The number of allylic oxidation sites excluding steroid dienone is 1. The van der Waals surface area contributed by atoms with Crippen LogP contribution in [0.25, 0.3) is 22.6 Å². The lowest BCUT2D eigenvalue weighted by atomic mass is 10.2. The van der Waals surface area contributed by atoms with Gasteiger partial charge in [-0.05, 0) is 30.3 Å². The molecule has 0 atom stereocenters. The van der Waals surface area contributed by atoms with Crippen LogP contribution in [0.15, 0.2) is 64.7 Å². The van der Waals surface area contributed by atoms with Crippen LogP contribution in [0.5, 0.6) is 0 Å². The van der Waals surface area contributed by atoms with Crippen LogP contribution in [-0.2, 0) is 11.3 Å². The number of nitro groups is 1. The molecule has 1 N–H and O–H groups in total. The Hall–Kier alpha value is -3.34. The predicted molar refractivity (Wildman–Crippen MR) is 128 cm³/mol. The summed E-state index contributed by atoms with van der Waals surface area (Å²) >= 11 is 13.2. The number of furan rings is 1. The maximum absolute atomic E-state index is 12.4. The van der Waals surface area contributed by atoms with E-state index in [-0.39, 0.29) is 22.2 Å². The topological polar surface area (TPSA) is 116 Å². The third-order valence-corrected chi connectivity index (χ3v) is 6.03. The zero-order valence-electron chi connectivity index (χ0n) is 16.8. The van der Waals surface area contributed by atoms with E-state index in [0.717, 1.165) is 17.1 Å². The van der Waals surface area contributed by atoms with Crippen LogP contribution in [0.1, 0.15) is 0 Å². The van der Waals surface area contributed by atoms with E-state index in [1.54, 1.807) is 28.8 Å². The number of carbonyl (C=O) groups excluding carboxylic acids is 1. The quantitative estimate of drug-likeness (QED) is 0.139. The van der Waals surface area contributed by atoms with Gasteiger partial charge in [-0.25, -0.2) is 0 Å². The molecule has 4 aromatic rings. The minimum Gasteiger partial charge on any atom is -0.453 e. The molecule has 168 valence electrons. The number of carbonyl (C=O) groups is 1. The van der Waals surface area contributed by atoms with Crippen LogP contribution in [0.4, 0.5) is 11.4 Å². The van der Waals surface area contributed by atoms with Gasteiger partial charge in [-0.3, -0.25) is 19.5 Å². The van der Waals surface area contributed by atoms with Crippen molar-refractivity contribution in [3.05, 3.63) is 75.3 Å². The van der Waals surface area contributed by atoms with Crippen molar-refractivity contribution in [2.75, 3.05) is 11.1 Å². The van der Waals surface area contributed by atoms with Gasteiger partial charge >= 0.3 is 0 Å². The molecule has 0 aliphatic rings. The summed E-state index contributed by atoms with van der Waals surface area (Å²) in [6.07, 6.45) is 1.68. The van der Waals surface area contributed by atoms with Crippen molar-refractivity contribution >= 4 is 63.2 Å². The molecule has 2 aromatic carbocycles. The molecule has 2 heterocycles. The second kappa shape index (κ2) is 9.65. The lowest BCUT2D eigenvalue weighted by molar-refractivity contribution is -0.384. The number of anilines is 1. The Morgan fingerprint density at radius 3 is 2.82 bits per heavy atom. The van der Waals surface area contributed by atoms with Crippen LogP contribution in [0, 0.1) is 10.1 Å². The average molecular weight is 504 g/mol. The fourth-order valence-corrected chi connectivity index (χ4v) is 4.13. The molecule has 0 saturated carbocycles. The average Bonchev–Trinajstić information content (AvgIpc) is 3.37. The molecule has 12 heteroatoms. The van der Waals surface area contributed by atoms with Crippen LogP contribution in [-0.4, -0.2) is 31.3 Å². The molecule has 0 aliphatic heterocycles. The lowest BCUT2D eigenvalue weighted by Crippen LogP contribution is -2.15. The number of fused-ring (bicyclic) bond motifs is 1. The number of benzene rings is 2. The molecular weight excluding hydrogens is 489 g/mol. The highest BCUT2D eigenvalue weighted by Crippen LogP contribution is 2.31. The molecule has 0 aliphatic carbocycles. The van der Waals surface area contributed by atoms with E-state index >= 15 is 0 Å². The molecule has 0 fully saturated rings. The van der Waals surface area contributed by atoms with Gasteiger partial charge in [0.1, 0.15) is 5.58 Å². The Balaban J connectivity index is 1.52. The molecule has 9 nitrogen and oxygen atoms in total. The summed E-state index contributed by atoms with van der Waals surface area (Å²) in [6.45, 7) is 4.16. The predicted octanol–water partition coefficient (Wildman–Crippen LogP) is 5.82. The molecule has 4 rings (SSSR count). The Bertz CT molecular complexity index is 1380. The summed E-state index contributed by atoms with van der Waals surface area (Å²) in [6, 6.07) is 10.9. The Kier molecular flexibility index (Phi) is 6.68. The van der Waals surface area contributed by atoms with Gasteiger partial charge in [0.2, 0.25) is 11.7 Å². The van der Waals surface area contributed by atoms with Gasteiger partial charge in [-0.1, -0.05) is 41.0 Å². The normalized spacial score (nSPS) is 11.0. The van der Waals surface area contributed by atoms with Crippen LogP contribution in [0.3, 0.4) is 0 Å². The monoisotopic (exact) mass is 503 g/mol. The number of rotatable bonds is 8. The first-order valence-corrected chi connectivity index (χ1v) is 11.2. The van der Waals surface area contributed by atoms with E-state index in [9.17, 15) is 14.9 Å². The minimum atomic E-state index is -0.563. The summed E-state index contributed by atoms with van der Waals surface area (Å²) in [5, 5.41) is 24.0. The number of nitrogens with zero attached hydrogens (tertiary/aromatic N) is 4. The lowest BCUT2D eigenvalue weighted by Gasteiger charge is -2.08. The second-order valence-corrected chi connectivity index (χ2v) is 8.54. The molecule has 0 radical (unpaired) electrons. The number of hydrogen-bond donors (Lipinski definition) is 1. The van der Waals surface area contributed by atoms with Crippen molar-refractivity contribution in [1.82, 2.24) is 14.8 Å². The van der Waals surface area contributed by atoms with Crippen molar-refractivity contribution in [1.29, 1.82) is 0 Å². The molecule has 2 aromatic heterocycles. The molecule has 0 bridgehead atoms. The Labute approximate surface area is 201 Å². The third-order valence-electron chi connectivity index (χ3n) is 4.49. The van der Waals surface area contributed by atoms with E-state index in [1.165, 1.54) is 18.2 Å². The van der Waals surface area contributed by atoms with Gasteiger partial charge in [0.25, 0.3) is 5.69 Å². The van der Waals surface area contributed by atoms with Crippen LogP contribution in [0.2, 0.25) is 10.0 Å². The smallest absolute Gasteiger partial charge is 0.271 e. The number of nitrogens with one attached hydrogen (secondary N) is 1. The number of hydrogen-bond acceptors (Lipinski definition) is 7. The maximum Gasteiger partial charge on any atom is 0.271 e. The molecule has 33 heavy (non-hydrogen) atoms. The highest BCUT2D eigenvalue weighted by Gasteiger charge is 2.19. The van der Waals surface area contributed by atoms with E-state index in [2.05, 4.69) is 22.1 Å². The van der Waals surface area contributed by atoms with E-state index in [1.807, 2.05) is 6.07 Å². The number of thioether (sulfide) groups is 1. The maximum atomic E-state index is 12.4. The van der Waals surface area contributed by atoms with Gasteiger partial charge in [0.15, 0.2) is 10.9 Å². The van der Waals surface area contributed by atoms with Gasteiger partial charge < -0.3 is 9.73 Å². The molecule has 0 spiro atoms. The Morgan fingerprint density at radius 1 is 1.24 bits per heavy atom. The first-order valence-electron chi connectivity index (χ1n) is 9.46. The molecular formula is C21H15Cl2N5O4S. The summed E-state index contributed by atoms with van der Waals surface area (Å²) < 4.78 is 7.65. The first kappa shape index (κ1) is 22.8. The van der Waals surface area contributed by atoms with Crippen LogP contribution < -0.4 is 5.32 Å². The van der Waals surface area contributed by atoms with Crippen LogP contribution >= 0.6 is 35.0 Å². The fourth-order valence-electron chi connectivity index (χ4n) is 3.03. The zero-order chi connectivity index (χ0) is 23.5. The van der Waals surface area contributed by atoms with E-state index < -0.39 is 10.8 Å². The van der Waals surface area contributed by atoms with Gasteiger partial charge in [-0.15, -0.1) is 16.8 Å². The van der Waals surface area contributed by atoms with Crippen molar-refractivity contribution in [2.24, 2.45) is 0 Å². The number of amides is 1. The highest BCUT2D eigenvalue weighted by molar-refractivity contribution is 7.99. The van der Waals surface area contributed by atoms with Crippen molar-refractivity contribution in [3.8, 4) is 11.6 Å². The number of nitro benzene ring substituents is 1. The second-order valence-electron chi connectivity index (χ2n) is 6.76. The summed E-state index contributed by atoms with van der Waals surface area (Å²) in [5.41, 5.74) is 0.639. The Morgan fingerprint density at radius 2 is 2.06 bits per heavy atom. The van der Waals surface area contributed by atoms with Crippen molar-refractivity contribution in [2.45, 2.75) is 11.7 Å². The third kappa shape index (κ3) is 5.03. The SMILES string of the molecule is C=CCn1c(SCC(=O)Nc2cc([N+](=O)[O-])ccc2Cl)nnc1-c1cc2cc(Cl)ccc2o1. The minimum absolute atomic E-state index is 0.0238. The summed E-state index contributed by atoms with van der Waals surface area (Å²) in [4.78, 5) is 22.8. The summed E-state index contributed by atoms with van der Waals surface area (Å²) in [5.74, 6) is 0.549. The van der Waals surface area contributed by atoms with Gasteiger partial charge in [-0.2, -0.15) is 0 Å². The van der Waals surface area contributed by atoms with Crippen molar-refractivity contribution in [3.63, 3.8) is 0 Å². The number of non-ortho nitro benzene ring substituents is 1. The van der Waals surface area contributed by atoms with E-state index in [4.69, 9.17) is 27.6 Å². The summed E-state index contributed by atoms with van der Waals surface area (Å²) in [7, 11) is 0.